The van der Waals surface area contributed by atoms with Crippen molar-refractivity contribution >= 4 is 6.16 Å². The number of hydrogen-bond acceptors (Lipinski definition) is 5. The van der Waals surface area contributed by atoms with Gasteiger partial charge in [-0.25, -0.2) is 9.18 Å². The number of hydrogen-bond donors (Lipinski definition) is 1. The van der Waals surface area contributed by atoms with Crippen molar-refractivity contribution in [2.24, 2.45) is 0 Å². The third kappa shape index (κ3) is 4.20. The molecular formula is C17H17FO5. The van der Waals surface area contributed by atoms with Crippen molar-refractivity contribution in [1.29, 1.82) is 0 Å². The Bertz CT molecular complexity index is 699. The van der Waals surface area contributed by atoms with E-state index >= 15 is 0 Å². The maximum Gasteiger partial charge on any atom is 0.513 e. The lowest BCUT2D eigenvalue weighted by Crippen LogP contribution is -2.11. The number of halogens is 1. The summed E-state index contributed by atoms with van der Waals surface area (Å²) in [5.41, 5.74) is 1.74. The number of carbonyl (C=O) groups excluding carboxylic acids is 1. The topological polar surface area (TPSA) is 65.0 Å². The highest BCUT2D eigenvalue weighted by atomic mass is 19.1. The molecule has 0 atom stereocenters. The minimum atomic E-state index is -0.886. The van der Waals surface area contributed by atoms with Crippen molar-refractivity contribution in [3.05, 3.63) is 58.9 Å². The van der Waals surface area contributed by atoms with Gasteiger partial charge in [0.1, 0.15) is 12.4 Å². The quantitative estimate of drug-likeness (QED) is 0.676. The molecule has 0 aliphatic rings. The van der Waals surface area contributed by atoms with Crippen LogP contribution in [0.15, 0.2) is 36.4 Å². The van der Waals surface area contributed by atoms with Crippen LogP contribution in [-0.2, 0) is 18.0 Å². The third-order valence-corrected chi connectivity index (χ3v) is 3.22. The Kier molecular flexibility index (Phi) is 5.54. The number of aliphatic hydroxyl groups excluding tert-OH is 1. The fourth-order valence-electron chi connectivity index (χ4n) is 2.02. The van der Waals surface area contributed by atoms with Gasteiger partial charge in [-0.15, -0.1) is 0 Å². The van der Waals surface area contributed by atoms with E-state index in [-0.39, 0.29) is 24.7 Å². The monoisotopic (exact) mass is 320 g/mol. The van der Waals surface area contributed by atoms with Crippen LogP contribution in [0.3, 0.4) is 0 Å². The molecule has 0 aliphatic heterocycles. The summed E-state index contributed by atoms with van der Waals surface area (Å²) in [6.45, 7) is 1.44. The summed E-state index contributed by atoms with van der Waals surface area (Å²) in [6, 6.07) is 9.43. The van der Waals surface area contributed by atoms with Crippen LogP contribution in [0.5, 0.6) is 11.5 Å². The van der Waals surface area contributed by atoms with Crippen LogP contribution in [0.4, 0.5) is 9.18 Å². The molecule has 0 amide bonds. The van der Waals surface area contributed by atoms with Gasteiger partial charge in [-0.1, -0.05) is 18.2 Å². The smallest absolute Gasteiger partial charge is 0.486 e. The zero-order valence-electron chi connectivity index (χ0n) is 12.8. The van der Waals surface area contributed by atoms with Gasteiger partial charge < -0.3 is 19.3 Å². The molecule has 5 nitrogen and oxygen atoms in total. The van der Waals surface area contributed by atoms with Crippen molar-refractivity contribution in [3.8, 4) is 11.5 Å². The van der Waals surface area contributed by atoms with Crippen molar-refractivity contribution < 1.29 is 28.5 Å². The zero-order chi connectivity index (χ0) is 16.8. The zero-order valence-corrected chi connectivity index (χ0v) is 12.8. The van der Waals surface area contributed by atoms with Crippen LogP contribution in [0.1, 0.15) is 16.7 Å². The highest BCUT2D eigenvalue weighted by Gasteiger charge is 2.14. The van der Waals surface area contributed by atoms with E-state index in [0.717, 1.165) is 5.56 Å². The average molecular weight is 320 g/mol. The summed E-state index contributed by atoms with van der Waals surface area (Å²) in [5, 5.41) is 9.42. The van der Waals surface area contributed by atoms with Crippen LogP contribution in [0, 0.1) is 12.7 Å². The molecular weight excluding hydrogens is 303 g/mol. The van der Waals surface area contributed by atoms with Gasteiger partial charge in [0.15, 0.2) is 11.6 Å². The molecule has 0 unspecified atom stereocenters. The first-order valence-corrected chi connectivity index (χ1v) is 6.91. The lowest BCUT2D eigenvalue weighted by molar-refractivity contribution is 0.120. The molecule has 0 aliphatic carbocycles. The molecule has 23 heavy (non-hydrogen) atoms. The van der Waals surface area contributed by atoms with Crippen molar-refractivity contribution in [1.82, 2.24) is 0 Å². The number of methoxy groups -OCH3 is 1. The summed E-state index contributed by atoms with van der Waals surface area (Å²) in [7, 11) is 1.19. The number of benzene rings is 2. The minimum absolute atomic E-state index is 0.0664. The number of carbonyl (C=O) groups is 1. The van der Waals surface area contributed by atoms with E-state index in [1.807, 2.05) is 0 Å². The predicted molar refractivity (Wildman–Crippen MR) is 80.9 cm³/mol. The van der Waals surface area contributed by atoms with E-state index in [2.05, 4.69) is 4.74 Å². The molecule has 0 spiro atoms. The summed E-state index contributed by atoms with van der Waals surface area (Å²) >= 11 is 0. The second-order valence-electron chi connectivity index (χ2n) is 4.83. The van der Waals surface area contributed by atoms with Crippen molar-refractivity contribution in [3.63, 3.8) is 0 Å². The number of ether oxygens (including phenoxy) is 3. The lowest BCUT2D eigenvalue weighted by Gasteiger charge is -2.14. The first-order chi connectivity index (χ1) is 11.0. The Morgan fingerprint density at radius 2 is 2.00 bits per heavy atom. The molecule has 0 aromatic heterocycles. The van der Waals surface area contributed by atoms with Crippen LogP contribution >= 0.6 is 0 Å². The molecule has 2 aromatic rings. The van der Waals surface area contributed by atoms with Crippen LogP contribution in [-0.4, -0.2) is 18.4 Å². The first kappa shape index (κ1) is 16.8. The Balaban J connectivity index is 2.24. The van der Waals surface area contributed by atoms with Crippen LogP contribution < -0.4 is 9.47 Å². The predicted octanol–water partition coefficient (Wildman–Crippen LogP) is 3.35. The van der Waals surface area contributed by atoms with E-state index in [1.54, 1.807) is 31.2 Å². The maximum absolute atomic E-state index is 13.8. The molecule has 2 aromatic carbocycles. The Morgan fingerprint density at radius 3 is 2.65 bits per heavy atom. The van der Waals surface area contributed by atoms with Gasteiger partial charge in [0.2, 0.25) is 0 Å². The summed E-state index contributed by atoms with van der Waals surface area (Å²) in [4.78, 5) is 11.3. The third-order valence-electron chi connectivity index (χ3n) is 3.22. The van der Waals surface area contributed by atoms with E-state index in [1.165, 1.54) is 19.2 Å². The Hall–Kier alpha value is -2.60. The Morgan fingerprint density at radius 1 is 1.22 bits per heavy atom. The minimum Gasteiger partial charge on any atom is -0.486 e. The van der Waals surface area contributed by atoms with Crippen molar-refractivity contribution in [2.45, 2.75) is 20.1 Å². The normalized spacial score (nSPS) is 10.3. The second-order valence-corrected chi connectivity index (χ2v) is 4.83. The SMILES string of the molecule is COC(=O)Oc1cccc(CO)c1COc1ccc(C)cc1F. The lowest BCUT2D eigenvalue weighted by atomic mass is 10.1. The fourth-order valence-corrected chi connectivity index (χ4v) is 2.02. The van der Waals surface area contributed by atoms with Gasteiger partial charge in [-0.05, 0) is 36.2 Å². The molecule has 122 valence electrons. The highest BCUT2D eigenvalue weighted by molar-refractivity contribution is 5.64. The fraction of sp³-hybridized carbons (Fsp3) is 0.235. The molecule has 0 radical (unpaired) electrons. The maximum atomic E-state index is 13.8. The van der Waals surface area contributed by atoms with Gasteiger partial charge in [-0.3, -0.25) is 0 Å². The van der Waals surface area contributed by atoms with E-state index < -0.39 is 12.0 Å². The highest BCUT2D eigenvalue weighted by Crippen LogP contribution is 2.26. The van der Waals surface area contributed by atoms with E-state index in [0.29, 0.717) is 11.1 Å². The molecule has 0 saturated heterocycles. The molecule has 1 N–H and O–H groups in total. The molecule has 0 bridgehead atoms. The molecule has 2 rings (SSSR count). The summed E-state index contributed by atoms with van der Waals surface area (Å²) in [6.07, 6.45) is -0.886. The van der Waals surface area contributed by atoms with Gasteiger partial charge in [0.05, 0.1) is 13.7 Å². The summed E-state index contributed by atoms with van der Waals surface area (Å²) in [5.74, 6) is -0.217. The number of aliphatic hydroxyl groups is 1. The number of rotatable bonds is 5. The molecule has 0 saturated carbocycles. The number of aryl methyl sites for hydroxylation is 1. The molecule has 6 heteroatoms. The largest absolute Gasteiger partial charge is 0.513 e. The molecule has 0 fully saturated rings. The molecule has 0 heterocycles. The first-order valence-electron chi connectivity index (χ1n) is 6.91. The van der Waals surface area contributed by atoms with Crippen LogP contribution in [0.25, 0.3) is 0 Å². The van der Waals surface area contributed by atoms with Crippen molar-refractivity contribution in [2.75, 3.05) is 7.11 Å². The van der Waals surface area contributed by atoms with Gasteiger partial charge >= 0.3 is 6.16 Å². The van der Waals surface area contributed by atoms with Gasteiger partial charge in [-0.2, -0.15) is 0 Å². The van der Waals surface area contributed by atoms with E-state index in [4.69, 9.17) is 9.47 Å². The second kappa shape index (κ2) is 7.60. The van der Waals surface area contributed by atoms with Gasteiger partial charge in [0.25, 0.3) is 0 Å². The Labute approximate surface area is 133 Å². The average Bonchev–Trinajstić information content (AvgIpc) is 2.54. The summed E-state index contributed by atoms with van der Waals surface area (Å²) < 4.78 is 28.8. The van der Waals surface area contributed by atoms with Gasteiger partial charge in [0, 0.05) is 5.56 Å². The van der Waals surface area contributed by atoms with E-state index in [9.17, 15) is 14.3 Å². The van der Waals surface area contributed by atoms with Crippen LogP contribution in [0.2, 0.25) is 0 Å². The standard InChI is InChI=1S/C17H17FO5/c1-11-6-7-16(14(18)8-11)22-10-13-12(9-19)4-3-5-15(13)23-17(20)21-2/h3-8,19H,9-10H2,1-2H3.